The van der Waals surface area contributed by atoms with Crippen molar-refractivity contribution in [3.05, 3.63) is 312 Å². The molecule has 0 amide bonds. The minimum absolute atomic E-state index is 0.671. The van der Waals surface area contributed by atoms with E-state index in [4.69, 9.17) is 0 Å². The molecular weight excluding hydrogens is 1100 g/mol. The summed E-state index contributed by atoms with van der Waals surface area (Å²) in [6.07, 6.45) is 15.3. The molecule has 4 aromatic heterocycles. The fourth-order valence-corrected chi connectivity index (χ4v) is 12.9. The highest BCUT2D eigenvalue weighted by molar-refractivity contribution is 5.73. The summed E-state index contributed by atoms with van der Waals surface area (Å²) in [5.41, 5.74) is 31.5. The molecule has 1 fully saturated rings. The van der Waals surface area contributed by atoms with Gasteiger partial charge in [0.05, 0.1) is 0 Å². The average Bonchev–Trinajstić information content (AvgIpc) is 1.40. The molecule has 1 aliphatic carbocycles. The Kier molecular flexibility index (Phi) is 21.4. The van der Waals surface area contributed by atoms with E-state index in [0.717, 1.165) is 12.3 Å². The Morgan fingerprint density at radius 3 is 1.05 bits per heavy atom. The number of hydrogen-bond acceptors (Lipinski definition) is 0. The van der Waals surface area contributed by atoms with Crippen molar-refractivity contribution in [1.29, 1.82) is 0 Å². The molecule has 0 bridgehead atoms. The normalized spacial score (nSPS) is 11.9. The molecule has 4 heteroatoms. The lowest BCUT2D eigenvalue weighted by Gasteiger charge is -2.15. The summed E-state index contributed by atoms with van der Waals surface area (Å²) in [5.74, 6) is 1.43. The molecule has 0 unspecified atom stereocenters. The molecule has 0 spiro atoms. The van der Waals surface area contributed by atoms with Gasteiger partial charge in [-0.1, -0.05) is 197 Å². The van der Waals surface area contributed by atoms with Crippen molar-refractivity contribution in [3.8, 4) is 89.5 Å². The van der Waals surface area contributed by atoms with Crippen LogP contribution in [0.5, 0.6) is 0 Å². The summed E-state index contributed by atoms with van der Waals surface area (Å²) >= 11 is 0. The van der Waals surface area contributed by atoms with Crippen LogP contribution < -0.4 is 18.3 Å². The molecule has 0 saturated heterocycles. The maximum Gasteiger partial charge on any atom is 0.213 e. The van der Waals surface area contributed by atoms with E-state index in [-0.39, 0.29) is 0 Å². The van der Waals surface area contributed by atoms with E-state index >= 15 is 0 Å². The van der Waals surface area contributed by atoms with Crippen molar-refractivity contribution in [3.63, 3.8) is 0 Å². The Bertz CT molecular complexity index is 4290. The number of pyridine rings is 4. The molecule has 0 radical (unpaired) electrons. The molecule has 1 aliphatic rings. The molecule has 8 aromatic carbocycles. The van der Waals surface area contributed by atoms with Crippen LogP contribution in [0.15, 0.2) is 267 Å². The van der Waals surface area contributed by atoms with Gasteiger partial charge in [-0.05, 0) is 187 Å². The Morgan fingerprint density at radius 2 is 0.659 bits per heavy atom. The van der Waals surface area contributed by atoms with Gasteiger partial charge in [0.2, 0.25) is 22.8 Å². The van der Waals surface area contributed by atoms with Gasteiger partial charge in [-0.2, -0.15) is 0 Å². The molecule has 1 saturated carbocycles. The van der Waals surface area contributed by atoms with Gasteiger partial charge in [0.25, 0.3) is 0 Å². The molecule has 13 rings (SSSR count). The number of aromatic nitrogens is 4. The van der Waals surface area contributed by atoms with Crippen molar-refractivity contribution >= 4 is 0 Å². The SMILES string of the molecule is Cc1ccc(-c2cc[n+](C)c(-c3ccccc3C)c2)cc1CC(C)C.Cc1ccccc1-c1cc(-c2ccc(C)c(C3CCCC3)c2)cc[n+]1C.Cc1ccccc1-c1ccc(-c2ccccc2)c[n+]1C.Cc1ccccc1-c1ccc(-c2ccccc2)c[n+]1C. The fraction of sp³-hybridized carbons (Fsp3) is 0.218. The molecule has 0 aliphatic heterocycles. The third kappa shape index (κ3) is 16.0. The lowest BCUT2D eigenvalue weighted by atomic mass is 9.90. The van der Waals surface area contributed by atoms with E-state index in [9.17, 15) is 0 Å². The monoisotopic (exact) mass is 1190 g/mol. The van der Waals surface area contributed by atoms with Crippen LogP contribution in [-0.4, -0.2) is 0 Å². The number of nitrogens with zero attached hydrogens (tertiary/aromatic N) is 4. The first-order valence-electron chi connectivity index (χ1n) is 32.6. The third-order valence-electron chi connectivity index (χ3n) is 18.2. The largest absolute Gasteiger partial charge is 0.213 e. The molecule has 456 valence electrons. The highest BCUT2D eigenvalue weighted by Crippen LogP contribution is 2.38. The maximum atomic E-state index is 2.45. The second-order valence-electron chi connectivity index (χ2n) is 25.4. The summed E-state index contributed by atoms with van der Waals surface area (Å²) in [7, 11) is 8.46. The average molecular weight is 1190 g/mol. The summed E-state index contributed by atoms with van der Waals surface area (Å²) in [6, 6.07) is 87.0. The van der Waals surface area contributed by atoms with Gasteiger partial charge < -0.3 is 0 Å². The zero-order valence-electron chi connectivity index (χ0n) is 55.9. The Morgan fingerprint density at radius 1 is 0.308 bits per heavy atom. The van der Waals surface area contributed by atoms with E-state index in [1.807, 2.05) is 12.1 Å². The topological polar surface area (TPSA) is 15.5 Å². The first-order chi connectivity index (χ1) is 44.1. The van der Waals surface area contributed by atoms with Crippen LogP contribution in [0.25, 0.3) is 89.5 Å². The van der Waals surface area contributed by atoms with Gasteiger partial charge in [-0.25, -0.2) is 18.3 Å². The van der Waals surface area contributed by atoms with Crippen molar-refractivity contribution in [2.24, 2.45) is 34.1 Å². The van der Waals surface area contributed by atoms with Crippen LogP contribution in [0, 0.1) is 47.5 Å². The van der Waals surface area contributed by atoms with E-state index in [1.54, 1.807) is 5.56 Å². The van der Waals surface area contributed by atoms with Crippen molar-refractivity contribution in [2.75, 3.05) is 0 Å². The second-order valence-corrected chi connectivity index (χ2v) is 25.4. The summed E-state index contributed by atoms with van der Waals surface area (Å²) in [5, 5.41) is 0. The van der Waals surface area contributed by atoms with Gasteiger partial charge in [0.1, 0.15) is 28.2 Å². The predicted octanol–water partition coefficient (Wildman–Crippen LogP) is 20.1. The Labute approximate surface area is 544 Å². The summed E-state index contributed by atoms with van der Waals surface area (Å²) in [6.45, 7) is 17.7. The van der Waals surface area contributed by atoms with Crippen LogP contribution in [0.3, 0.4) is 0 Å². The second kappa shape index (κ2) is 30.2. The highest BCUT2D eigenvalue weighted by Gasteiger charge is 2.22. The number of aryl methyl sites for hydroxylation is 10. The van der Waals surface area contributed by atoms with Crippen molar-refractivity contribution in [1.82, 2.24) is 0 Å². The zero-order valence-corrected chi connectivity index (χ0v) is 55.9. The van der Waals surface area contributed by atoms with Gasteiger partial charge >= 0.3 is 0 Å². The van der Waals surface area contributed by atoms with E-state index in [1.165, 1.54) is 154 Å². The van der Waals surface area contributed by atoms with Crippen LogP contribution >= 0.6 is 0 Å². The summed E-state index contributed by atoms with van der Waals surface area (Å²) < 4.78 is 8.82. The number of hydrogen-bond donors (Lipinski definition) is 0. The van der Waals surface area contributed by atoms with Gasteiger partial charge in [0.15, 0.2) is 24.8 Å². The molecule has 0 atom stereocenters. The van der Waals surface area contributed by atoms with Gasteiger partial charge in [-0.3, -0.25) is 0 Å². The Balaban J connectivity index is 0.000000134. The molecular formula is C87H92N4+4. The lowest BCUT2D eigenvalue weighted by Crippen LogP contribution is -2.30. The number of benzene rings is 8. The van der Waals surface area contributed by atoms with Gasteiger partial charge in [0, 0.05) is 69.8 Å². The molecule has 12 aromatic rings. The van der Waals surface area contributed by atoms with Crippen LogP contribution in [-0.2, 0) is 34.6 Å². The van der Waals surface area contributed by atoms with Crippen LogP contribution in [0.1, 0.15) is 90.0 Å². The number of rotatable bonds is 11. The van der Waals surface area contributed by atoms with Gasteiger partial charge in [-0.15, -0.1) is 0 Å². The standard InChI is InChI=1S/C25H28N.C24H28N.2C19H18N/c1-18-8-4-7-11-23(18)25-17-22(14-15-26(25)3)21-13-12-19(2)24(16-21)20-9-5-6-10-20;1-17(2)14-22-15-20(11-10-18(22)3)21-12-13-25(5)24(16-21)23-9-7-6-8-19(23)4;2*1-15-8-6-7-11-18(15)19-13-12-17(14-20(19)2)16-9-4-3-5-10-16/h4,7-8,11-17,20H,5-6,9-10H2,1-3H3;6-13,15-17H,14H2,1-5H3;2*3-14H,1-2H3/q4*+1. The predicted molar refractivity (Wildman–Crippen MR) is 382 cm³/mol. The van der Waals surface area contributed by atoms with Crippen molar-refractivity contribution in [2.45, 2.75) is 93.4 Å². The molecule has 0 N–H and O–H groups in total. The van der Waals surface area contributed by atoms with E-state index in [2.05, 4.69) is 357 Å². The highest BCUT2D eigenvalue weighted by atomic mass is 14.9. The lowest BCUT2D eigenvalue weighted by molar-refractivity contribution is -0.660. The first-order valence-corrected chi connectivity index (χ1v) is 32.6. The third-order valence-corrected chi connectivity index (χ3v) is 18.2. The molecule has 91 heavy (non-hydrogen) atoms. The minimum atomic E-state index is 0.671. The van der Waals surface area contributed by atoms with E-state index in [0.29, 0.717) is 5.92 Å². The van der Waals surface area contributed by atoms with Crippen LogP contribution in [0.4, 0.5) is 0 Å². The van der Waals surface area contributed by atoms with Crippen molar-refractivity contribution < 1.29 is 18.3 Å². The molecule has 4 heterocycles. The fourth-order valence-electron chi connectivity index (χ4n) is 12.9. The van der Waals surface area contributed by atoms with Crippen LogP contribution in [0.2, 0.25) is 0 Å². The Hall–Kier alpha value is -9.64. The smallest absolute Gasteiger partial charge is 0.201 e. The minimum Gasteiger partial charge on any atom is -0.201 e. The van der Waals surface area contributed by atoms with E-state index < -0.39 is 0 Å². The molecule has 4 nitrogen and oxygen atoms in total. The quantitative estimate of drug-likeness (QED) is 0.115. The maximum absolute atomic E-state index is 2.45. The first kappa shape index (κ1) is 64.3. The summed E-state index contributed by atoms with van der Waals surface area (Å²) in [4.78, 5) is 0. The zero-order chi connectivity index (χ0) is 64.0.